The first kappa shape index (κ1) is 24.4. The standard InChI is InChI=1S/C25H23F3N2O5S/c1-34-19-6-8-21(9-7-19)36(32,33)29-13-16-12-18(15-29)23-11-10-22(24(31)30(23)14-16)17-2-4-20(5-3-17)35-25(26,27)28/h2-11,16,18H,12-15H2,1H3. The van der Waals surface area contributed by atoms with Crippen LogP contribution in [0.15, 0.2) is 70.4 Å². The van der Waals surface area contributed by atoms with Crippen molar-refractivity contribution in [2.24, 2.45) is 5.92 Å². The minimum absolute atomic E-state index is 0.0419. The number of benzene rings is 2. The number of hydrogen-bond donors (Lipinski definition) is 0. The Labute approximate surface area is 205 Å². The van der Waals surface area contributed by atoms with Gasteiger partial charge in [-0.3, -0.25) is 4.79 Å². The van der Waals surface area contributed by atoms with Crippen LogP contribution >= 0.6 is 0 Å². The van der Waals surface area contributed by atoms with Gasteiger partial charge in [-0.1, -0.05) is 12.1 Å². The van der Waals surface area contributed by atoms with Crippen LogP contribution in [0.25, 0.3) is 11.1 Å². The van der Waals surface area contributed by atoms with Crippen molar-refractivity contribution in [2.45, 2.75) is 30.1 Å². The van der Waals surface area contributed by atoms with Crippen molar-refractivity contribution in [3.63, 3.8) is 0 Å². The molecular weight excluding hydrogens is 497 g/mol. The predicted octanol–water partition coefficient (Wildman–Crippen LogP) is 4.23. The van der Waals surface area contributed by atoms with Gasteiger partial charge in [0, 0.05) is 36.8 Å². The van der Waals surface area contributed by atoms with Crippen LogP contribution in [0, 0.1) is 5.92 Å². The second kappa shape index (κ2) is 8.97. The molecule has 2 aromatic carbocycles. The number of hydrogen-bond acceptors (Lipinski definition) is 5. The highest BCUT2D eigenvalue weighted by molar-refractivity contribution is 7.89. The van der Waals surface area contributed by atoms with Gasteiger partial charge in [-0.25, -0.2) is 8.42 Å². The molecule has 2 atom stereocenters. The molecular formula is C25H23F3N2O5S. The molecule has 1 saturated heterocycles. The quantitative estimate of drug-likeness (QED) is 0.503. The monoisotopic (exact) mass is 520 g/mol. The van der Waals surface area contributed by atoms with Crippen molar-refractivity contribution in [3.05, 3.63) is 76.7 Å². The fraction of sp³-hybridized carbons (Fsp3) is 0.320. The van der Waals surface area contributed by atoms with Gasteiger partial charge in [-0.2, -0.15) is 4.31 Å². The molecule has 0 aliphatic carbocycles. The number of fused-ring (bicyclic) bond motifs is 4. The van der Waals surface area contributed by atoms with Crippen molar-refractivity contribution < 1.29 is 31.1 Å². The van der Waals surface area contributed by atoms with Crippen molar-refractivity contribution in [2.75, 3.05) is 20.2 Å². The zero-order valence-corrected chi connectivity index (χ0v) is 20.1. The predicted molar refractivity (Wildman–Crippen MR) is 125 cm³/mol. The molecule has 5 rings (SSSR count). The minimum Gasteiger partial charge on any atom is -0.497 e. The van der Waals surface area contributed by atoms with E-state index in [9.17, 15) is 26.4 Å². The number of methoxy groups -OCH3 is 1. The average molecular weight is 521 g/mol. The first-order chi connectivity index (χ1) is 17.0. The third kappa shape index (κ3) is 4.60. The molecule has 0 saturated carbocycles. The Morgan fingerprint density at radius 1 is 0.889 bits per heavy atom. The lowest BCUT2D eigenvalue weighted by atomic mass is 9.84. The topological polar surface area (TPSA) is 77.8 Å². The summed E-state index contributed by atoms with van der Waals surface area (Å²) < 4.78 is 76.1. The third-order valence-electron chi connectivity index (χ3n) is 6.67. The molecule has 2 unspecified atom stereocenters. The summed E-state index contributed by atoms with van der Waals surface area (Å²) in [6.07, 6.45) is -4.02. The molecule has 0 radical (unpaired) electrons. The largest absolute Gasteiger partial charge is 0.573 e. The van der Waals surface area contributed by atoms with Crippen molar-refractivity contribution >= 4 is 10.0 Å². The molecule has 2 aliphatic heterocycles. The normalized spacial score (nSPS) is 20.0. The second-order valence-corrected chi connectivity index (χ2v) is 10.9. The Morgan fingerprint density at radius 2 is 1.56 bits per heavy atom. The molecule has 2 aliphatic rings. The highest BCUT2D eigenvalue weighted by Gasteiger charge is 2.40. The summed E-state index contributed by atoms with van der Waals surface area (Å²) in [5, 5.41) is 0. The second-order valence-electron chi connectivity index (χ2n) is 8.96. The fourth-order valence-electron chi connectivity index (χ4n) is 5.05. The Balaban J connectivity index is 1.41. The highest BCUT2D eigenvalue weighted by atomic mass is 32.2. The Morgan fingerprint density at radius 3 is 2.19 bits per heavy atom. The summed E-state index contributed by atoms with van der Waals surface area (Å²) >= 11 is 0. The molecule has 1 aromatic heterocycles. The SMILES string of the molecule is COc1ccc(S(=O)(=O)N2CC3CC(C2)c2ccc(-c4ccc(OC(F)(F)F)cc4)c(=O)n2C3)cc1. The van der Waals surface area contributed by atoms with Gasteiger partial charge in [0.15, 0.2) is 0 Å². The molecule has 190 valence electrons. The lowest BCUT2D eigenvalue weighted by molar-refractivity contribution is -0.274. The molecule has 36 heavy (non-hydrogen) atoms. The maximum absolute atomic E-state index is 13.3. The Bertz CT molecular complexity index is 1430. The summed E-state index contributed by atoms with van der Waals surface area (Å²) in [7, 11) is -2.20. The van der Waals surface area contributed by atoms with Crippen LogP contribution in [-0.4, -0.2) is 43.9 Å². The van der Waals surface area contributed by atoms with Gasteiger partial charge in [0.05, 0.1) is 12.0 Å². The van der Waals surface area contributed by atoms with Gasteiger partial charge in [0.2, 0.25) is 10.0 Å². The average Bonchev–Trinajstić information content (AvgIpc) is 2.84. The van der Waals surface area contributed by atoms with Gasteiger partial charge in [0.25, 0.3) is 5.56 Å². The van der Waals surface area contributed by atoms with E-state index in [1.54, 1.807) is 28.8 Å². The van der Waals surface area contributed by atoms with Crippen LogP contribution in [0.1, 0.15) is 18.0 Å². The zero-order chi connectivity index (χ0) is 25.7. The highest BCUT2D eigenvalue weighted by Crippen LogP contribution is 2.38. The van der Waals surface area contributed by atoms with Gasteiger partial charge >= 0.3 is 6.36 Å². The number of halogens is 3. The molecule has 0 amide bonds. The number of pyridine rings is 1. The number of alkyl halides is 3. The van der Waals surface area contributed by atoms with E-state index in [1.807, 2.05) is 0 Å². The van der Waals surface area contributed by atoms with Crippen molar-refractivity contribution in [1.29, 1.82) is 0 Å². The van der Waals surface area contributed by atoms with E-state index in [4.69, 9.17) is 4.74 Å². The van der Waals surface area contributed by atoms with Gasteiger partial charge in [-0.05, 0) is 66.4 Å². The first-order valence-corrected chi connectivity index (χ1v) is 12.7. The lowest BCUT2D eigenvalue weighted by Gasteiger charge is -2.42. The summed E-state index contributed by atoms with van der Waals surface area (Å²) in [5.41, 5.74) is 1.34. The van der Waals surface area contributed by atoms with Gasteiger partial charge < -0.3 is 14.0 Å². The van der Waals surface area contributed by atoms with E-state index < -0.39 is 16.4 Å². The summed E-state index contributed by atoms with van der Waals surface area (Å²) in [4.78, 5) is 13.5. The van der Waals surface area contributed by atoms with E-state index in [2.05, 4.69) is 4.74 Å². The fourth-order valence-corrected chi connectivity index (χ4v) is 6.61. The number of piperidine rings is 1. The van der Waals surface area contributed by atoms with E-state index in [-0.39, 0.29) is 34.6 Å². The van der Waals surface area contributed by atoms with E-state index in [1.165, 1.54) is 47.8 Å². The van der Waals surface area contributed by atoms with E-state index in [0.29, 0.717) is 30.0 Å². The Hall–Kier alpha value is -3.31. The molecule has 11 heteroatoms. The number of nitrogens with zero attached hydrogens (tertiary/aromatic N) is 2. The number of ether oxygens (including phenoxy) is 2. The van der Waals surface area contributed by atoms with Gasteiger partial charge in [-0.15, -0.1) is 13.2 Å². The van der Waals surface area contributed by atoms with Crippen LogP contribution in [0.5, 0.6) is 11.5 Å². The Kier molecular flexibility index (Phi) is 6.08. The molecule has 1 fully saturated rings. The molecule has 3 aromatic rings. The van der Waals surface area contributed by atoms with E-state index >= 15 is 0 Å². The van der Waals surface area contributed by atoms with Crippen LogP contribution < -0.4 is 15.0 Å². The van der Waals surface area contributed by atoms with E-state index in [0.717, 1.165) is 12.1 Å². The summed E-state index contributed by atoms with van der Waals surface area (Å²) in [6, 6.07) is 14.9. The van der Waals surface area contributed by atoms with Gasteiger partial charge in [0.1, 0.15) is 11.5 Å². The number of sulfonamides is 1. The van der Waals surface area contributed by atoms with Crippen molar-refractivity contribution in [1.82, 2.24) is 8.87 Å². The molecule has 0 N–H and O–H groups in total. The minimum atomic E-state index is -4.79. The summed E-state index contributed by atoms with van der Waals surface area (Å²) in [6.45, 7) is 0.917. The van der Waals surface area contributed by atoms with Crippen LogP contribution in [-0.2, 0) is 16.6 Å². The number of aromatic nitrogens is 1. The molecule has 2 bridgehead atoms. The number of rotatable bonds is 5. The molecule has 0 spiro atoms. The molecule has 7 nitrogen and oxygen atoms in total. The van der Waals surface area contributed by atoms with Crippen LogP contribution in [0.3, 0.4) is 0 Å². The maximum atomic E-state index is 13.3. The lowest BCUT2D eigenvalue weighted by Crippen LogP contribution is -2.49. The molecule has 3 heterocycles. The maximum Gasteiger partial charge on any atom is 0.573 e. The zero-order valence-electron chi connectivity index (χ0n) is 19.2. The van der Waals surface area contributed by atoms with Crippen LogP contribution in [0.4, 0.5) is 13.2 Å². The third-order valence-corrected chi connectivity index (χ3v) is 8.51. The first-order valence-electron chi connectivity index (χ1n) is 11.3. The smallest absolute Gasteiger partial charge is 0.497 e. The van der Waals surface area contributed by atoms with Crippen LogP contribution in [0.2, 0.25) is 0 Å². The van der Waals surface area contributed by atoms with Crippen molar-refractivity contribution in [3.8, 4) is 22.6 Å². The summed E-state index contributed by atoms with van der Waals surface area (Å²) in [5.74, 6) is 0.0164.